The van der Waals surface area contributed by atoms with E-state index in [0.29, 0.717) is 18.4 Å². The predicted molar refractivity (Wildman–Crippen MR) is 99.3 cm³/mol. The van der Waals surface area contributed by atoms with E-state index >= 15 is 0 Å². The van der Waals surface area contributed by atoms with Crippen molar-refractivity contribution in [2.24, 2.45) is 5.92 Å². The van der Waals surface area contributed by atoms with Gasteiger partial charge in [0.25, 0.3) is 0 Å². The third kappa shape index (κ3) is 4.60. The predicted octanol–water partition coefficient (Wildman–Crippen LogP) is 2.15. The van der Waals surface area contributed by atoms with E-state index in [4.69, 9.17) is 15.2 Å². The number of nitrogen functional groups attached to an aromatic ring is 1. The Bertz CT molecular complexity index is 765. The molecule has 2 aromatic rings. The summed E-state index contributed by atoms with van der Waals surface area (Å²) in [5, 5.41) is 9.99. The number of aromatic amines is 1. The first-order chi connectivity index (χ1) is 12.5. The molecule has 0 fully saturated rings. The summed E-state index contributed by atoms with van der Waals surface area (Å²) in [5.41, 5.74) is 6.47. The third-order valence-electron chi connectivity index (χ3n) is 3.93. The number of hydrogen-bond donors (Lipinski definition) is 3. The molecular formula is C17H23N5O3S. The van der Waals surface area contributed by atoms with Crippen LogP contribution in [0.25, 0.3) is 0 Å². The van der Waals surface area contributed by atoms with Crippen LogP contribution in [0.2, 0.25) is 0 Å². The van der Waals surface area contributed by atoms with Gasteiger partial charge in [0.05, 0.1) is 25.0 Å². The molecule has 1 aromatic heterocycles. The van der Waals surface area contributed by atoms with Gasteiger partial charge in [-0.15, -0.1) is 5.10 Å². The number of carbonyl (C=O) groups excluding carboxylic acids is 1. The van der Waals surface area contributed by atoms with Crippen molar-refractivity contribution in [3.63, 3.8) is 0 Å². The van der Waals surface area contributed by atoms with Crippen molar-refractivity contribution < 1.29 is 14.3 Å². The van der Waals surface area contributed by atoms with Crippen LogP contribution in [-0.4, -0.2) is 40.1 Å². The van der Waals surface area contributed by atoms with Crippen molar-refractivity contribution in [3.05, 3.63) is 23.8 Å². The van der Waals surface area contributed by atoms with Gasteiger partial charge in [-0.25, -0.2) is 5.10 Å². The second-order valence-electron chi connectivity index (χ2n) is 6.34. The fraction of sp³-hybridized carbons (Fsp3) is 0.471. The second kappa shape index (κ2) is 8.31. The number of nitrogens with one attached hydrogen (secondary N) is 2. The Hall–Kier alpha value is -2.42. The maximum absolute atomic E-state index is 12.4. The van der Waals surface area contributed by atoms with Crippen LogP contribution < -0.4 is 20.5 Å². The number of nitrogens with zero attached hydrogens (tertiary/aromatic N) is 2. The lowest BCUT2D eigenvalue weighted by molar-refractivity contribution is -0.119. The van der Waals surface area contributed by atoms with Crippen LogP contribution in [0.3, 0.4) is 0 Å². The molecule has 3 rings (SSSR count). The van der Waals surface area contributed by atoms with Crippen molar-refractivity contribution in [2.45, 2.75) is 31.5 Å². The lowest BCUT2D eigenvalue weighted by Gasteiger charge is -2.23. The van der Waals surface area contributed by atoms with E-state index in [1.807, 2.05) is 18.2 Å². The molecule has 1 aromatic carbocycles. The zero-order valence-electron chi connectivity index (χ0n) is 14.8. The van der Waals surface area contributed by atoms with Crippen molar-refractivity contribution >= 4 is 23.6 Å². The molecule has 0 saturated heterocycles. The highest BCUT2D eigenvalue weighted by atomic mass is 32.2. The standard InChI is InChI=1S/C17H23N5O3S/c1-10(2)15(19-14(23)9-26-17-20-16(18)21-22-17)11-4-5-12-13(8-11)25-7-3-6-24-12/h4-5,8,10,15H,3,6-7,9H2,1-2H3,(H,19,23)(H3,18,20,21,22). The third-order valence-corrected chi connectivity index (χ3v) is 4.78. The molecule has 1 unspecified atom stereocenters. The summed E-state index contributed by atoms with van der Waals surface area (Å²) in [4.78, 5) is 16.3. The van der Waals surface area contributed by atoms with Crippen LogP contribution in [0.5, 0.6) is 11.5 Å². The molecule has 8 nitrogen and oxygen atoms in total. The first-order valence-corrected chi connectivity index (χ1v) is 9.51. The van der Waals surface area contributed by atoms with E-state index in [2.05, 4.69) is 34.3 Å². The van der Waals surface area contributed by atoms with Crippen molar-refractivity contribution in [3.8, 4) is 11.5 Å². The number of fused-ring (bicyclic) bond motifs is 1. The lowest BCUT2D eigenvalue weighted by Crippen LogP contribution is -2.33. The summed E-state index contributed by atoms with van der Waals surface area (Å²) in [6.07, 6.45) is 0.858. The normalized spacial score (nSPS) is 14.7. The number of H-pyrrole nitrogens is 1. The smallest absolute Gasteiger partial charge is 0.230 e. The van der Waals surface area contributed by atoms with E-state index in [0.717, 1.165) is 23.5 Å². The van der Waals surface area contributed by atoms with Crippen molar-refractivity contribution in [1.29, 1.82) is 0 Å². The Morgan fingerprint density at radius 2 is 2.12 bits per heavy atom. The Labute approximate surface area is 156 Å². The van der Waals surface area contributed by atoms with Gasteiger partial charge in [0, 0.05) is 6.42 Å². The van der Waals surface area contributed by atoms with Gasteiger partial charge in [0.15, 0.2) is 11.5 Å². The molecule has 0 bridgehead atoms. The van der Waals surface area contributed by atoms with Crippen LogP contribution in [0.1, 0.15) is 31.9 Å². The summed E-state index contributed by atoms with van der Waals surface area (Å²) in [6.45, 7) is 5.42. The van der Waals surface area contributed by atoms with Gasteiger partial charge in [-0.2, -0.15) is 4.98 Å². The Balaban J connectivity index is 1.66. The quantitative estimate of drug-likeness (QED) is 0.661. The molecule has 0 spiro atoms. The number of carbonyl (C=O) groups is 1. The van der Waals surface area contributed by atoms with Gasteiger partial charge in [-0.3, -0.25) is 4.79 Å². The van der Waals surface area contributed by atoms with E-state index in [1.54, 1.807) is 0 Å². The van der Waals surface area contributed by atoms with E-state index < -0.39 is 0 Å². The van der Waals surface area contributed by atoms with Gasteiger partial charge < -0.3 is 20.5 Å². The zero-order valence-corrected chi connectivity index (χ0v) is 15.6. The Kier molecular flexibility index (Phi) is 5.87. The summed E-state index contributed by atoms with van der Waals surface area (Å²) in [5.74, 6) is 2.05. The monoisotopic (exact) mass is 377 g/mol. The first kappa shape index (κ1) is 18.4. The summed E-state index contributed by atoms with van der Waals surface area (Å²) < 4.78 is 11.4. The van der Waals surface area contributed by atoms with E-state index in [1.165, 1.54) is 11.8 Å². The SMILES string of the molecule is CC(C)C(NC(=O)CSc1n[nH]c(N)n1)c1ccc2c(c1)OCCCO2. The van der Waals surface area contributed by atoms with Gasteiger partial charge in [-0.1, -0.05) is 31.7 Å². The number of nitrogens with two attached hydrogens (primary N) is 1. The molecule has 1 amide bonds. The molecule has 4 N–H and O–H groups in total. The average molecular weight is 377 g/mol. The minimum Gasteiger partial charge on any atom is -0.490 e. The lowest BCUT2D eigenvalue weighted by atomic mass is 9.95. The number of thioether (sulfide) groups is 1. The number of hydrogen-bond acceptors (Lipinski definition) is 7. The molecule has 0 radical (unpaired) electrons. The molecule has 0 saturated carbocycles. The summed E-state index contributed by atoms with van der Waals surface area (Å²) in [7, 11) is 0. The minimum atomic E-state index is -0.127. The molecule has 0 aliphatic carbocycles. The molecule has 9 heteroatoms. The molecule has 26 heavy (non-hydrogen) atoms. The zero-order chi connectivity index (χ0) is 18.5. The maximum atomic E-state index is 12.4. The van der Waals surface area contributed by atoms with Crippen LogP contribution >= 0.6 is 11.8 Å². The number of rotatable bonds is 6. The molecular weight excluding hydrogens is 354 g/mol. The average Bonchev–Trinajstić information content (AvgIpc) is 2.89. The highest BCUT2D eigenvalue weighted by Crippen LogP contribution is 2.34. The van der Waals surface area contributed by atoms with Gasteiger partial charge >= 0.3 is 0 Å². The molecule has 1 atom stereocenters. The topological polar surface area (TPSA) is 115 Å². The number of amides is 1. The number of anilines is 1. The fourth-order valence-electron chi connectivity index (χ4n) is 2.68. The van der Waals surface area contributed by atoms with Crippen molar-refractivity contribution in [1.82, 2.24) is 20.5 Å². The number of benzene rings is 1. The van der Waals surface area contributed by atoms with Crippen LogP contribution in [0.15, 0.2) is 23.4 Å². The molecule has 1 aliphatic heterocycles. The molecule has 1 aliphatic rings. The number of aromatic nitrogens is 3. The Morgan fingerprint density at radius 3 is 2.81 bits per heavy atom. The van der Waals surface area contributed by atoms with E-state index in [9.17, 15) is 4.79 Å². The molecule has 140 valence electrons. The summed E-state index contributed by atoms with van der Waals surface area (Å²) in [6, 6.07) is 5.70. The van der Waals surface area contributed by atoms with Crippen LogP contribution in [0.4, 0.5) is 5.95 Å². The highest BCUT2D eigenvalue weighted by molar-refractivity contribution is 7.99. The minimum absolute atomic E-state index is 0.0933. The van der Waals surface area contributed by atoms with Crippen molar-refractivity contribution in [2.75, 3.05) is 24.7 Å². The van der Waals surface area contributed by atoms with Gasteiger partial charge in [0.2, 0.25) is 17.0 Å². The Morgan fingerprint density at radius 1 is 1.35 bits per heavy atom. The van der Waals surface area contributed by atoms with Gasteiger partial charge in [-0.05, 0) is 23.6 Å². The maximum Gasteiger partial charge on any atom is 0.230 e. The second-order valence-corrected chi connectivity index (χ2v) is 7.28. The molecule has 2 heterocycles. The number of ether oxygens (including phenoxy) is 2. The van der Waals surface area contributed by atoms with Crippen LogP contribution in [-0.2, 0) is 4.79 Å². The first-order valence-electron chi connectivity index (χ1n) is 8.52. The largest absolute Gasteiger partial charge is 0.490 e. The van der Waals surface area contributed by atoms with Crippen LogP contribution in [0, 0.1) is 5.92 Å². The highest BCUT2D eigenvalue weighted by Gasteiger charge is 2.21. The fourth-order valence-corrected chi connectivity index (χ4v) is 3.29. The summed E-state index contributed by atoms with van der Waals surface area (Å²) >= 11 is 1.23. The van der Waals surface area contributed by atoms with Gasteiger partial charge in [0.1, 0.15) is 0 Å². The van der Waals surface area contributed by atoms with E-state index in [-0.39, 0.29) is 29.6 Å².